The van der Waals surface area contributed by atoms with Crippen molar-refractivity contribution in [3.05, 3.63) is 73.8 Å². The van der Waals surface area contributed by atoms with Gasteiger partial charge in [-0.15, -0.1) is 0 Å². The molecular formula is C14H9BrN2O2. The Kier molecular flexibility index (Phi) is 2.83. The van der Waals surface area contributed by atoms with Crippen LogP contribution in [0, 0.1) is 0 Å². The van der Waals surface area contributed by atoms with Crippen molar-refractivity contribution >= 4 is 26.8 Å². The molecule has 94 valence electrons. The lowest BCUT2D eigenvalue weighted by Gasteiger charge is -2.06. The molecule has 0 aliphatic heterocycles. The van der Waals surface area contributed by atoms with Crippen molar-refractivity contribution in [2.45, 2.75) is 0 Å². The van der Waals surface area contributed by atoms with E-state index < -0.39 is 5.69 Å². The first-order valence-corrected chi connectivity index (χ1v) is 6.46. The summed E-state index contributed by atoms with van der Waals surface area (Å²) in [5.41, 5.74) is 0.314. The van der Waals surface area contributed by atoms with Crippen LogP contribution in [0.2, 0.25) is 0 Å². The Morgan fingerprint density at radius 2 is 1.79 bits per heavy atom. The van der Waals surface area contributed by atoms with Gasteiger partial charge in [0.05, 0.1) is 16.6 Å². The lowest BCUT2D eigenvalue weighted by Crippen LogP contribution is -2.33. The third-order valence-corrected chi connectivity index (χ3v) is 3.36. The Balaban J connectivity index is 2.42. The summed E-state index contributed by atoms with van der Waals surface area (Å²) >= 11 is 3.33. The molecule has 0 radical (unpaired) electrons. The van der Waals surface area contributed by atoms with Gasteiger partial charge in [-0.2, -0.15) is 0 Å². The number of H-pyrrole nitrogens is 1. The number of halogens is 1. The third kappa shape index (κ3) is 2.02. The molecule has 1 heterocycles. The quantitative estimate of drug-likeness (QED) is 0.749. The SMILES string of the molecule is O=c1[nH]c2ccccc2c(=O)n1-c1cccc(Br)c1. The molecule has 19 heavy (non-hydrogen) atoms. The molecule has 2 aromatic carbocycles. The van der Waals surface area contributed by atoms with E-state index >= 15 is 0 Å². The highest BCUT2D eigenvalue weighted by Gasteiger charge is 2.08. The largest absolute Gasteiger partial charge is 0.333 e. The molecule has 1 N–H and O–H groups in total. The molecule has 0 saturated carbocycles. The Hall–Kier alpha value is -2.14. The number of aromatic nitrogens is 2. The van der Waals surface area contributed by atoms with Crippen LogP contribution in [0.3, 0.4) is 0 Å². The van der Waals surface area contributed by atoms with E-state index in [-0.39, 0.29) is 5.56 Å². The molecule has 3 aromatic rings. The van der Waals surface area contributed by atoms with Gasteiger partial charge in [0.15, 0.2) is 0 Å². The monoisotopic (exact) mass is 316 g/mol. The zero-order valence-corrected chi connectivity index (χ0v) is 11.3. The van der Waals surface area contributed by atoms with E-state index in [0.717, 1.165) is 9.04 Å². The zero-order chi connectivity index (χ0) is 13.4. The fraction of sp³-hybridized carbons (Fsp3) is 0. The summed E-state index contributed by atoms with van der Waals surface area (Å²) in [4.78, 5) is 27.2. The smallest absolute Gasteiger partial charge is 0.306 e. The normalized spacial score (nSPS) is 10.8. The molecule has 3 rings (SSSR count). The van der Waals surface area contributed by atoms with Gasteiger partial charge in [0, 0.05) is 4.47 Å². The first-order chi connectivity index (χ1) is 9.16. The van der Waals surface area contributed by atoms with Gasteiger partial charge >= 0.3 is 5.69 Å². The molecular weight excluding hydrogens is 308 g/mol. The summed E-state index contributed by atoms with van der Waals surface area (Å²) < 4.78 is 1.94. The van der Waals surface area contributed by atoms with Crippen molar-refractivity contribution in [1.29, 1.82) is 0 Å². The van der Waals surface area contributed by atoms with Gasteiger partial charge in [0.2, 0.25) is 0 Å². The Bertz CT molecular complexity index is 880. The average Bonchev–Trinajstić information content (AvgIpc) is 2.39. The van der Waals surface area contributed by atoms with Crippen molar-refractivity contribution < 1.29 is 0 Å². The molecule has 0 unspecified atom stereocenters. The minimum Gasteiger partial charge on any atom is -0.306 e. The van der Waals surface area contributed by atoms with Gasteiger partial charge in [0.1, 0.15) is 0 Å². The number of aromatic amines is 1. The minimum absolute atomic E-state index is 0.322. The van der Waals surface area contributed by atoms with Crippen molar-refractivity contribution in [3.8, 4) is 5.69 Å². The predicted octanol–water partition coefficient (Wildman–Crippen LogP) is 2.44. The molecule has 0 saturated heterocycles. The molecule has 0 bridgehead atoms. The Labute approximate surface area is 116 Å². The lowest BCUT2D eigenvalue weighted by atomic mass is 10.2. The first kappa shape index (κ1) is 11.9. The van der Waals surface area contributed by atoms with Gasteiger partial charge < -0.3 is 4.98 Å². The number of rotatable bonds is 1. The highest BCUT2D eigenvalue weighted by atomic mass is 79.9. The number of benzene rings is 2. The second-order valence-corrected chi connectivity index (χ2v) is 5.01. The van der Waals surface area contributed by atoms with Gasteiger partial charge in [-0.3, -0.25) is 4.79 Å². The fourth-order valence-corrected chi connectivity index (χ4v) is 2.40. The van der Waals surface area contributed by atoms with Gasteiger partial charge in [-0.25, -0.2) is 9.36 Å². The average molecular weight is 317 g/mol. The van der Waals surface area contributed by atoms with Crippen LogP contribution < -0.4 is 11.2 Å². The number of hydrogen-bond acceptors (Lipinski definition) is 2. The summed E-state index contributed by atoms with van der Waals surface area (Å²) in [5.74, 6) is 0. The van der Waals surface area contributed by atoms with Crippen molar-refractivity contribution in [1.82, 2.24) is 9.55 Å². The summed E-state index contributed by atoms with van der Waals surface area (Å²) in [6.07, 6.45) is 0. The summed E-state index contributed by atoms with van der Waals surface area (Å²) in [6, 6.07) is 14.0. The summed E-state index contributed by atoms with van der Waals surface area (Å²) in [7, 11) is 0. The predicted molar refractivity (Wildman–Crippen MR) is 77.9 cm³/mol. The van der Waals surface area contributed by atoms with E-state index in [4.69, 9.17) is 0 Å². The number of nitrogens with one attached hydrogen (secondary N) is 1. The second kappa shape index (κ2) is 4.51. The number of para-hydroxylation sites is 1. The zero-order valence-electron chi connectivity index (χ0n) is 9.76. The molecule has 5 heteroatoms. The third-order valence-electron chi connectivity index (χ3n) is 2.87. The van der Waals surface area contributed by atoms with Crippen LogP contribution in [0.25, 0.3) is 16.6 Å². The Morgan fingerprint density at radius 1 is 1.00 bits per heavy atom. The summed E-state index contributed by atoms with van der Waals surface area (Å²) in [6.45, 7) is 0. The van der Waals surface area contributed by atoms with Crippen LogP contribution in [0.4, 0.5) is 0 Å². The van der Waals surface area contributed by atoms with E-state index in [9.17, 15) is 9.59 Å². The molecule has 1 aromatic heterocycles. The maximum atomic E-state index is 12.4. The van der Waals surface area contributed by atoms with Crippen LogP contribution in [-0.4, -0.2) is 9.55 Å². The molecule has 4 nitrogen and oxygen atoms in total. The standard InChI is InChI=1S/C14H9BrN2O2/c15-9-4-3-5-10(8-9)17-13(18)11-6-1-2-7-12(11)16-14(17)19/h1-8H,(H,16,19). The number of fused-ring (bicyclic) bond motifs is 1. The fourth-order valence-electron chi connectivity index (χ4n) is 2.01. The molecule has 0 fully saturated rings. The van der Waals surface area contributed by atoms with Crippen LogP contribution in [0.1, 0.15) is 0 Å². The topological polar surface area (TPSA) is 54.9 Å². The maximum absolute atomic E-state index is 12.4. The van der Waals surface area contributed by atoms with E-state index in [1.165, 1.54) is 0 Å². The highest BCUT2D eigenvalue weighted by molar-refractivity contribution is 9.10. The van der Waals surface area contributed by atoms with Crippen LogP contribution in [0.15, 0.2) is 62.6 Å². The molecule has 0 aliphatic rings. The van der Waals surface area contributed by atoms with Crippen LogP contribution in [0.5, 0.6) is 0 Å². The molecule has 0 atom stereocenters. The highest BCUT2D eigenvalue weighted by Crippen LogP contribution is 2.13. The molecule has 0 aliphatic carbocycles. The van der Waals surface area contributed by atoms with E-state index in [0.29, 0.717) is 16.6 Å². The van der Waals surface area contributed by atoms with E-state index in [2.05, 4.69) is 20.9 Å². The maximum Gasteiger partial charge on any atom is 0.333 e. The first-order valence-electron chi connectivity index (χ1n) is 5.67. The minimum atomic E-state index is -0.443. The second-order valence-electron chi connectivity index (χ2n) is 4.10. The molecule has 0 spiro atoms. The van der Waals surface area contributed by atoms with Gasteiger partial charge in [-0.05, 0) is 30.3 Å². The molecule has 0 amide bonds. The van der Waals surface area contributed by atoms with Gasteiger partial charge in [0.25, 0.3) is 5.56 Å². The van der Waals surface area contributed by atoms with Crippen molar-refractivity contribution in [2.75, 3.05) is 0 Å². The van der Waals surface area contributed by atoms with Crippen molar-refractivity contribution in [3.63, 3.8) is 0 Å². The van der Waals surface area contributed by atoms with E-state index in [1.54, 1.807) is 42.5 Å². The van der Waals surface area contributed by atoms with Crippen LogP contribution in [-0.2, 0) is 0 Å². The lowest BCUT2D eigenvalue weighted by molar-refractivity contribution is 0.900. The Morgan fingerprint density at radius 3 is 2.58 bits per heavy atom. The number of nitrogens with zero attached hydrogens (tertiary/aromatic N) is 1. The van der Waals surface area contributed by atoms with Crippen LogP contribution >= 0.6 is 15.9 Å². The number of hydrogen-bond donors (Lipinski definition) is 1. The summed E-state index contributed by atoms with van der Waals surface area (Å²) in [5, 5.41) is 0.488. The van der Waals surface area contributed by atoms with Crippen molar-refractivity contribution in [2.24, 2.45) is 0 Å². The van der Waals surface area contributed by atoms with E-state index in [1.807, 2.05) is 6.07 Å². The van der Waals surface area contributed by atoms with Gasteiger partial charge in [-0.1, -0.05) is 34.1 Å².